The molecule has 0 atom stereocenters. The molecule has 6 rings (SSSR count). The monoisotopic (exact) mass is 499 g/mol. The Kier molecular flexibility index (Phi) is 5.95. The van der Waals surface area contributed by atoms with Crippen LogP contribution in [0.3, 0.4) is 0 Å². The van der Waals surface area contributed by atoms with Gasteiger partial charge in [-0.15, -0.1) is 10.2 Å². The van der Waals surface area contributed by atoms with Crippen molar-refractivity contribution in [2.45, 2.75) is 39.2 Å². The predicted octanol–water partition coefficient (Wildman–Crippen LogP) is 4.87. The number of fused-ring (bicyclic) bond motifs is 1. The minimum Gasteiger partial charge on any atom is -0.421 e. The van der Waals surface area contributed by atoms with Gasteiger partial charge in [0.25, 0.3) is 0 Å². The predicted molar refractivity (Wildman–Crippen MR) is 137 cm³/mol. The largest absolute Gasteiger partial charge is 0.421 e. The van der Waals surface area contributed by atoms with E-state index in [4.69, 9.17) is 4.42 Å². The summed E-state index contributed by atoms with van der Waals surface area (Å²) in [5.74, 6) is 1.77. The number of aryl methyl sites for hydroxylation is 2. The molecule has 0 bridgehead atoms. The highest BCUT2D eigenvalue weighted by atomic mass is 19.1. The van der Waals surface area contributed by atoms with Crippen LogP contribution < -0.4 is 10.2 Å². The van der Waals surface area contributed by atoms with Crippen molar-refractivity contribution in [1.82, 2.24) is 34.7 Å². The van der Waals surface area contributed by atoms with E-state index < -0.39 is 0 Å². The van der Waals surface area contributed by atoms with Gasteiger partial charge >= 0.3 is 0 Å². The molecule has 0 amide bonds. The summed E-state index contributed by atoms with van der Waals surface area (Å²) in [5, 5.41) is 11.5. The molecule has 0 unspecified atom stereocenters. The molecule has 10 nitrogen and oxygen atoms in total. The molecule has 5 aromatic rings. The third-order valence-corrected chi connectivity index (χ3v) is 6.72. The summed E-state index contributed by atoms with van der Waals surface area (Å²) in [6.45, 7) is 5.42. The Labute approximate surface area is 212 Å². The van der Waals surface area contributed by atoms with E-state index in [9.17, 15) is 0 Å². The van der Waals surface area contributed by atoms with E-state index in [0.717, 1.165) is 55.1 Å². The van der Waals surface area contributed by atoms with Crippen LogP contribution in [0.4, 0.5) is 21.8 Å². The van der Waals surface area contributed by atoms with Gasteiger partial charge in [0.2, 0.25) is 17.7 Å². The van der Waals surface area contributed by atoms with Crippen molar-refractivity contribution < 1.29 is 8.81 Å². The van der Waals surface area contributed by atoms with Gasteiger partial charge in [0.15, 0.2) is 5.82 Å². The summed E-state index contributed by atoms with van der Waals surface area (Å²) >= 11 is 0. The van der Waals surface area contributed by atoms with Crippen molar-refractivity contribution in [3.8, 4) is 11.5 Å². The average molecular weight is 500 g/mol. The van der Waals surface area contributed by atoms with Crippen LogP contribution >= 0.6 is 0 Å². The lowest BCUT2D eigenvalue weighted by atomic mass is 10.1. The molecule has 1 aliphatic heterocycles. The maximum absolute atomic E-state index is 15.2. The van der Waals surface area contributed by atoms with E-state index in [0.29, 0.717) is 28.6 Å². The number of rotatable bonds is 6. The second kappa shape index (κ2) is 9.57. The third-order valence-electron chi connectivity index (χ3n) is 6.72. The van der Waals surface area contributed by atoms with Crippen molar-refractivity contribution in [1.29, 1.82) is 0 Å². The van der Waals surface area contributed by atoms with Crippen LogP contribution in [-0.2, 0) is 6.42 Å². The molecule has 1 aromatic carbocycles. The third kappa shape index (κ3) is 4.48. The Bertz CT molecular complexity index is 1520. The normalized spacial score (nSPS) is 14.4. The number of piperidine rings is 1. The molecule has 1 fully saturated rings. The molecule has 1 N–H and O–H groups in total. The molecular formula is C26H26FN9O. The minimum absolute atomic E-state index is 0.123. The first-order valence-electron chi connectivity index (χ1n) is 12.3. The van der Waals surface area contributed by atoms with E-state index in [1.54, 1.807) is 13.1 Å². The molecule has 37 heavy (non-hydrogen) atoms. The van der Waals surface area contributed by atoms with Gasteiger partial charge < -0.3 is 19.2 Å². The van der Waals surface area contributed by atoms with Crippen LogP contribution in [0.1, 0.15) is 37.3 Å². The first-order valence-corrected chi connectivity index (χ1v) is 12.3. The number of halogens is 1. The van der Waals surface area contributed by atoms with Gasteiger partial charge in [-0.25, -0.2) is 24.3 Å². The maximum Gasteiger partial charge on any atom is 0.247 e. The molecule has 4 aromatic heterocycles. The SMILES string of the molecule is CCc1cnc(N2CCC(n3cc(F)c4c(Nc5ccc(-c6nnc(C)o6)cc5)ncnc43)CC2)nc1. The smallest absolute Gasteiger partial charge is 0.247 e. The van der Waals surface area contributed by atoms with Gasteiger partial charge in [-0.1, -0.05) is 6.92 Å². The Morgan fingerprint density at radius 3 is 2.46 bits per heavy atom. The van der Waals surface area contributed by atoms with Gasteiger partial charge in [-0.2, -0.15) is 0 Å². The Balaban J connectivity index is 1.20. The fraction of sp³-hybridized carbons (Fsp3) is 0.308. The topological polar surface area (TPSA) is 111 Å². The van der Waals surface area contributed by atoms with Crippen LogP contribution in [0.25, 0.3) is 22.5 Å². The van der Waals surface area contributed by atoms with E-state index in [1.807, 2.05) is 41.2 Å². The number of aromatic nitrogens is 7. The zero-order valence-corrected chi connectivity index (χ0v) is 20.6. The van der Waals surface area contributed by atoms with Crippen molar-refractivity contribution in [3.63, 3.8) is 0 Å². The first kappa shape index (κ1) is 23.0. The number of nitrogens with one attached hydrogen (secondary N) is 1. The minimum atomic E-state index is -0.350. The van der Waals surface area contributed by atoms with Crippen LogP contribution in [0, 0.1) is 12.7 Å². The second-order valence-corrected chi connectivity index (χ2v) is 9.10. The quantitative estimate of drug-likeness (QED) is 0.350. The molecule has 188 valence electrons. The van der Waals surface area contributed by atoms with Gasteiger partial charge in [0.1, 0.15) is 17.8 Å². The number of nitrogens with zero attached hydrogens (tertiary/aromatic N) is 8. The van der Waals surface area contributed by atoms with Gasteiger partial charge in [0.05, 0.1) is 5.39 Å². The summed E-state index contributed by atoms with van der Waals surface area (Å²) in [7, 11) is 0. The summed E-state index contributed by atoms with van der Waals surface area (Å²) in [6, 6.07) is 7.58. The average Bonchev–Trinajstić information content (AvgIpc) is 3.53. The Morgan fingerprint density at radius 2 is 1.78 bits per heavy atom. The van der Waals surface area contributed by atoms with Gasteiger partial charge in [-0.3, -0.25) is 0 Å². The van der Waals surface area contributed by atoms with Crippen molar-refractivity contribution in [2.24, 2.45) is 0 Å². The molecule has 0 saturated carbocycles. The van der Waals surface area contributed by atoms with Crippen molar-refractivity contribution in [3.05, 3.63) is 66.5 Å². The summed E-state index contributed by atoms with van der Waals surface area (Å²) in [6.07, 6.45) is 9.37. The number of hydrogen-bond acceptors (Lipinski definition) is 9. The van der Waals surface area contributed by atoms with E-state index in [-0.39, 0.29) is 11.9 Å². The fourth-order valence-electron chi connectivity index (χ4n) is 4.70. The molecular weight excluding hydrogens is 473 g/mol. The van der Waals surface area contributed by atoms with Crippen molar-refractivity contribution in [2.75, 3.05) is 23.3 Å². The molecule has 1 aliphatic rings. The molecule has 5 heterocycles. The molecule has 11 heteroatoms. The van der Waals surface area contributed by atoms with Crippen molar-refractivity contribution >= 4 is 28.5 Å². The molecule has 0 radical (unpaired) electrons. The zero-order valence-electron chi connectivity index (χ0n) is 20.6. The summed E-state index contributed by atoms with van der Waals surface area (Å²) in [5.41, 5.74) is 3.26. The number of hydrogen-bond donors (Lipinski definition) is 1. The maximum atomic E-state index is 15.2. The van der Waals surface area contributed by atoms with Crippen LogP contribution in [0.2, 0.25) is 0 Å². The van der Waals surface area contributed by atoms with E-state index in [2.05, 4.69) is 47.3 Å². The zero-order chi connectivity index (χ0) is 25.4. The van der Waals surface area contributed by atoms with E-state index >= 15 is 4.39 Å². The van der Waals surface area contributed by atoms with Crippen LogP contribution in [0.15, 0.2) is 53.6 Å². The van der Waals surface area contributed by atoms with Crippen LogP contribution in [-0.4, -0.2) is 47.8 Å². The van der Waals surface area contributed by atoms with Gasteiger partial charge in [0, 0.05) is 55.9 Å². The number of benzene rings is 1. The number of anilines is 3. The van der Waals surface area contributed by atoms with Crippen LogP contribution in [0.5, 0.6) is 0 Å². The summed E-state index contributed by atoms with van der Waals surface area (Å²) in [4.78, 5) is 20.0. The molecule has 0 spiro atoms. The highest BCUT2D eigenvalue weighted by Crippen LogP contribution is 2.33. The first-order chi connectivity index (χ1) is 18.1. The standard InChI is InChI=1S/C26H26FN9O/c1-3-17-12-28-26(29-13-17)35-10-8-20(9-11-35)36-14-21(27)22-23(30-15-31-24(22)36)32-19-6-4-18(5-7-19)25-34-33-16(2)37-25/h4-7,12-15,20H,3,8-11H2,1-2H3,(H,30,31,32). The lowest BCUT2D eigenvalue weighted by molar-refractivity contribution is 0.398. The lowest BCUT2D eigenvalue weighted by Gasteiger charge is -2.32. The Hall–Kier alpha value is -4.41. The molecule has 0 aliphatic carbocycles. The Morgan fingerprint density at radius 1 is 1.03 bits per heavy atom. The van der Waals surface area contributed by atoms with Gasteiger partial charge in [-0.05, 0) is 49.1 Å². The van der Waals surface area contributed by atoms with E-state index in [1.165, 1.54) is 6.33 Å². The second-order valence-electron chi connectivity index (χ2n) is 9.10. The molecule has 1 saturated heterocycles. The summed E-state index contributed by atoms with van der Waals surface area (Å²) < 4.78 is 22.6. The highest BCUT2D eigenvalue weighted by Gasteiger charge is 2.26. The lowest BCUT2D eigenvalue weighted by Crippen LogP contribution is -2.35. The highest BCUT2D eigenvalue weighted by molar-refractivity contribution is 5.90. The fourth-order valence-corrected chi connectivity index (χ4v) is 4.70.